The van der Waals surface area contributed by atoms with Crippen LogP contribution in [0.4, 0.5) is 5.69 Å². The van der Waals surface area contributed by atoms with Crippen molar-refractivity contribution in [2.75, 3.05) is 5.73 Å². The summed E-state index contributed by atoms with van der Waals surface area (Å²) in [6.45, 7) is 0. The van der Waals surface area contributed by atoms with E-state index in [1.807, 2.05) is 54.6 Å². The number of aromatic nitrogens is 2. The standard InChI is InChI=1S/C18H12N3/c19-13-10-11-16-18(12-13)21(14-6-2-1-3-7-14)17-9-5-4-8-15(17)20-16/h1-4,6-12,19H/p+1. The van der Waals surface area contributed by atoms with E-state index in [0.29, 0.717) is 0 Å². The van der Waals surface area contributed by atoms with E-state index in [4.69, 9.17) is 10.7 Å². The Morgan fingerprint density at radius 2 is 1.71 bits per heavy atom. The second-order valence-electron chi connectivity index (χ2n) is 4.95. The van der Waals surface area contributed by atoms with E-state index in [0.717, 1.165) is 33.4 Å². The second-order valence-corrected chi connectivity index (χ2v) is 4.95. The van der Waals surface area contributed by atoms with Gasteiger partial charge in [0, 0.05) is 30.0 Å². The van der Waals surface area contributed by atoms with Crippen LogP contribution in [-0.4, -0.2) is 4.98 Å². The number of anilines is 1. The highest BCUT2D eigenvalue weighted by Crippen LogP contribution is 2.18. The molecule has 0 spiro atoms. The van der Waals surface area contributed by atoms with Gasteiger partial charge in [-0.3, -0.25) is 0 Å². The van der Waals surface area contributed by atoms with E-state index in [9.17, 15) is 0 Å². The molecule has 0 amide bonds. The Morgan fingerprint density at radius 1 is 0.905 bits per heavy atom. The van der Waals surface area contributed by atoms with Crippen molar-refractivity contribution < 1.29 is 4.57 Å². The first-order chi connectivity index (χ1) is 10.3. The summed E-state index contributed by atoms with van der Waals surface area (Å²) in [5.41, 5.74) is 11.7. The fourth-order valence-corrected chi connectivity index (χ4v) is 2.62. The lowest BCUT2D eigenvalue weighted by atomic mass is 10.2. The van der Waals surface area contributed by atoms with E-state index in [1.165, 1.54) is 0 Å². The van der Waals surface area contributed by atoms with Crippen molar-refractivity contribution in [3.63, 3.8) is 0 Å². The molecule has 1 heterocycles. The molecule has 1 aromatic heterocycles. The highest BCUT2D eigenvalue weighted by molar-refractivity contribution is 5.83. The van der Waals surface area contributed by atoms with E-state index in [1.54, 1.807) is 0 Å². The van der Waals surface area contributed by atoms with Crippen LogP contribution in [-0.2, 0) is 0 Å². The molecule has 2 N–H and O–H groups in total. The smallest absolute Gasteiger partial charge is 0.239 e. The largest absolute Gasteiger partial charge is 0.399 e. The van der Waals surface area contributed by atoms with Gasteiger partial charge in [-0.25, -0.2) is 4.98 Å². The minimum Gasteiger partial charge on any atom is -0.399 e. The quantitative estimate of drug-likeness (QED) is 0.328. The molecule has 3 nitrogen and oxygen atoms in total. The van der Waals surface area contributed by atoms with Crippen LogP contribution in [0.2, 0.25) is 0 Å². The monoisotopic (exact) mass is 271 g/mol. The third kappa shape index (κ3) is 1.91. The summed E-state index contributed by atoms with van der Waals surface area (Å²) >= 11 is 0. The minimum atomic E-state index is 0.730. The average Bonchev–Trinajstić information content (AvgIpc) is 2.53. The van der Waals surface area contributed by atoms with Crippen molar-refractivity contribution in [1.29, 1.82) is 0 Å². The van der Waals surface area contributed by atoms with Crippen molar-refractivity contribution in [3.8, 4) is 5.69 Å². The van der Waals surface area contributed by atoms with Gasteiger partial charge in [0.15, 0.2) is 0 Å². The van der Waals surface area contributed by atoms with Crippen molar-refractivity contribution >= 4 is 27.8 Å². The van der Waals surface area contributed by atoms with Gasteiger partial charge in [0.05, 0.1) is 0 Å². The van der Waals surface area contributed by atoms with E-state index < -0.39 is 0 Å². The van der Waals surface area contributed by atoms with Crippen LogP contribution in [0.1, 0.15) is 0 Å². The molecule has 0 bridgehead atoms. The summed E-state index contributed by atoms with van der Waals surface area (Å²) < 4.78 is 2.17. The fourth-order valence-electron chi connectivity index (χ4n) is 2.62. The molecule has 4 aromatic rings. The summed E-state index contributed by atoms with van der Waals surface area (Å²) in [7, 11) is 0. The van der Waals surface area contributed by atoms with Crippen molar-refractivity contribution in [2.24, 2.45) is 0 Å². The Bertz CT molecular complexity index is 946. The Kier molecular flexibility index (Phi) is 2.57. The van der Waals surface area contributed by atoms with Gasteiger partial charge >= 0.3 is 0 Å². The van der Waals surface area contributed by atoms with Crippen molar-refractivity contribution in [3.05, 3.63) is 72.8 Å². The molecular weight excluding hydrogens is 258 g/mol. The number of fused-ring (bicyclic) bond motifs is 2. The first-order valence-corrected chi connectivity index (χ1v) is 6.79. The molecule has 21 heavy (non-hydrogen) atoms. The molecule has 1 radical (unpaired) electrons. The zero-order chi connectivity index (χ0) is 14.2. The van der Waals surface area contributed by atoms with Gasteiger partial charge in [0.1, 0.15) is 11.0 Å². The lowest BCUT2D eigenvalue weighted by Crippen LogP contribution is -2.33. The number of rotatable bonds is 1. The van der Waals surface area contributed by atoms with Gasteiger partial charge in [0.25, 0.3) is 0 Å². The van der Waals surface area contributed by atoms with Crippen molar-refractivity contribution in [1.82, 2.24) is 4.98 Å². The number of nitrogens with two attached hydrogens (primary N) is 1. The van der Waals surface area contributed by atoms with E-state index >= 15 is 0 Å². The molecule has 0 saturated carbocycles. The molecule has 0 unspecified atom stereocenters. The maximum absolute atomic E-state index is 5.97. The SMILES string of the molecule is Nc1ccc2nc3cc[c]cc3[n+](-c3ccccc3)c2c1. The molecule has 0 aliphatic heterocycles. The number of nitrogens with zero attached hydrogens (tertiary/aromatic N) is 2. The minimum absolute atomic E-state index is 0.730. The van der Waals surface area contributed by atoms with Gasteiger partial charge in [-0.05, 0) is 24.3 Å². The normalized spacial score (nSPS) is 11.0. The molecule has 0 fully saturated rings. The van der Waals surface area contributed by atoms with Gasteiger partial charge in [-0.15, -0.1) is 4.57 Å². The number of para-hydroxylation sites is 1. The molecule has 99 valence electrons. The van der Waals surface area contributed by atoms with Crippen LogP contribution in [0.15, 0.2) is 66.7 Å². The zero-order valence-corrected chi connectivity index (χ0v) is 11.3. The van der Waals surface area contributed by atoms with Crippen LogP contribution in [0.25, 0.3) is 27.8 Å². The maximum atomic E-state index is 5.97. The van der Waals surface area contributed by atoms with Crippen LogP contribution in [0.3, 0.4) is 0 Å². The average molecular weight is 271 g/mol. The number of hydrogen-bond donors (Lipinski definition) is 1. The fraction of sp³-hybridized carbons (Fsp3) is 0. The summed E-state index contributed by atoms with van der Waals surface area (Å²) in [4.78, 5) is 4.71. The Labute approximate surface area is 122 Å². The molecule has 0 aliphatic carbocycles. The maximum Gasteiger partial charge on any atom is 0.239 e. The topological polar surface area (TPSA) is 42.8 Å². The van der Waals surface area contributed by atoms with Gasteiger partial charge in [-0.1, -0.05) is 24.3 Å². The van der Waals surface area contributed by atoms with E-state index in [-0.39, 0.29) is 0 Å². The first-order valence-electron chi connectivity index (χ1n) is 6.79. The Hall–Kier alpha value is -2.94. The van der Waals surface area contributed by atoms with Crippen LogP contribution < -0.4 is 10.3 Å². The molecule has 4 rings (SSSR count). The lowest BCUT2D eigenvalue weighted by molar-refractivity contribution is -0.538. The third-order valence-electron chi connectivity index (χ3n) is 3.56. The Balaban J connectivity index is 2.24. The van der Waals surface area contributed by atoms with Gasteiger partial charge in [-0.2, -0.15) is 0 Å². The Morgan fingerprint density at radius 3 is 2.57 bits per heavy atom. The molecule has 0 aliphatic rings. The molecule has 3 aromatic carbocycles. The van der Waals surface area contributed by atoms with Crippen molar-refractivity contribution in [2.45, 2.75) is 0 Å². The number of hydrogen-bond acceptors (Lipinski definition) is 2. The molecule has 3 heteroatoms. The van der Waals surface area contributed by atoms with Gasteiger partial charge in [0.2, 0.25) is 16.7 Å². The number of benzene rings is 3. The summed E-state index contributed by atoms with van der Waals surface area (Å²) in [5.74, 6) is 0. The molecule has 0 saturated heterocycles. The molecular formula is C18H13N3+. The van der Waals surface area contributed by atoms with Gasteiger partial charge < -0.3 is 5.73 Å². The summed E-state index contributed by atoms with van der Waals surface area (Å²) in [6.07, 6.45) is 0. The summed E-state index contributed by atoms with van der Waals surface area (Å²) in [5, 5.41) is 0. The predicted molar refractivity (Wildman–Crippen MR) is 84.0 cm³/mol. The molecule has 0 atom stereocenters. The van der Waals surface area contributed by atoms with E-state index in [2.05, 4.69) is 22.8 Å². The van der Waals surface area contributed by atoms with Crippen LogP contribution >= 0.6 is 0 Å². The predicted octanol–water partition coefficient (Wildman–Crippen LogP) is 3.05. The highest BCUT2D eigenvalue weighted by atomic mass is 15.0. The number of nitrogen functional groups attached to an aromatic ring is 1. The highest BCUT2D eigenvalue weighted by Gasteiger charge is 2.18. The first kappa shape index (κ1) is 11.9. The third-order valence-corrected chi connectivity index (χ3v) is 3.56. The van der Waals surface area contributed by atoms with Crippen LogP contribution in [0, 0.1) is 6.07 Å². The lowest BCUT2D eigenvalue weighted by Gasteiger charge is -2.05. The second kappa shape index (κ2) is 4.56. The summed E-state index contributed by atoms with van der Waals surface area (Å²) in [6, 6.07) is 25.0. The zero-order valence-electron chi connectivity index (χ0n) is 11.3. The van der Waals surface area contributed by atoms with Crippen LogP contribution in [0.5, 0.6) is 0 Å².